The molecule has 1 heterocycles. The summed E-state index contributed by atoms with van der Waals surface area (Å²) in [5.74, 6) is 0.192. The number of nitrogens with one attached hydrogen (secondary N) is 3. The van der Waals surface area contributed by atoms with Crippen molar-refractivity contribution in [1.29, 1.82) is 0 Å². The lowest BCUT2D eigenvalue weighted by molar-refractivity contribution is 0.0735. The van der Waals surface area contributed by atoms with Crippen LogP contribution < -0.4 is 21.4 Å². The fourth-order valence-corrected chi connectivity index (χ4v) is 3.62. The molecule has 0 amide bonds. The van der Waals surface area contributed by atoms with Crippen LogP contribution in [0.3, 0.4) is 0 Å². The van der Waals surface area contributed by atoms with E-state index >= 15 is 0 Å². The number of hydrogen-bond acceptors (Lipinski definition) is 7. The van der Waals surface area contributed by atoms with Crippen molar-refractivity contribution in [1.82, 2.24) is 15.0 Å². The molecule has 0 aliphatic carbocycles. The van der Waals surface area contributed by atoms with Gasteiger partial charge in [-0.05, 0) is 66.2 Å². The average Bonchev–Trinajstić information content (AvgIpc) is 2.95. The van der Waals surface area contributed by atoms with E-state index in [2.05, 4.69) is 35.5 Å². The molecular weight excluding hydrogens is 514 g/mol. The zero-order valence-corrected chi connectivity index (χ0v) is 21.2. The third kappa shape index (κ3) is 7.15. The Hall–Kier alpha value is -5.28. The number of ether oxygens (including phenoxy) is 1. The number of esters is 1. The Morgan fingerprint density at radius 1 is 0.795 bits per heavy atom. The van der Waals surface area contributed by atoms with E-state index in [0.29, 0.717) is 33.5 Å². The third-order valence-corrected chi connectivity index (χ3v) is 5.57. The number of H-pyrrole nitrogens is 2. The maximum Gasteiger partial charge on any atom is 0.345 e. The first-order chi connectivity index (χ1) is 19.1. The molecule has 3 N–H and O–H groups in total. The topological polar surface area (TPSA) is 120 Å². The molecule has 1 aromatic heterocycles. The van der Waals surface area contributed by atoms with Gasteiger partial charge in [-0.25, -0.2) is 20.2 Å². The molecule has 0 spiro atoms. The van der Waals surface area contributed by atoms with Crippen molar-refractivity contribution in [3.8, 4) is 5.75 Å². The SMILES string of the molecule is O=C(Oc1ccc(/C=N\Nc2nc(=Nc3ccccc3)[nH]c(=Nc3ccccc3)[nH]2)cc1)c1ccccc1Cl. The smallest absolute Gasteiger partial charge is 0.345 e. The summed E-state index contributed by atoms with van der Waals surface area (Å²) in [4.78, 5) is 32.1. The predicted octanol–water partition coefficient (Wildman–Crippen LogP) is 5.52. The molecule has 0 fully saturated rings. The standard InChI is InChI=1S/C29H22ClN7O2/c30-25-14-8-7-13-24(25)26(38)39-23-17-15-20(16-18-23)19-31-37-29-35-27(32-21-9-3-1-4-10-21)34-28(36-29)33-22-11-5-2-6-12-22/h1-19H,(H3,32,33,34,35,36,37)/b31-19-. The van der Waals surface area contributed by atoms with Crippen molar-refractivity contribution in [2.24, 2.45) is 15.1 Å². The summed E-state index contributed by atoms with van der Waals surface area (Å²) in [7, 11) is 0. The Kier molecular flexibility index (Phi) is 8.01. The van der Waals surface area contributed by atoms with Crippen molar-refractivity contribution < 1.29 is 9.53 Å². The molecule has 192 valence electrons. The highest BCUT2D eigenvalue weighted by atomic mass is 35.5. The first-order valence-electron chi connectivity index (χ1n) is 11.9. The molecule has 5 rings (SSSR count). The summed E-state index contributed by atoms with van der Waals surface area (Å²) in [6.07, 6.45) is 1.61. The van der Waals surface area contributed by atoms with Crippen molar-refractivity contribution >= 4 is 41.1 Å². The van der Waals surface area contributed by atoms with Gasteiger partial charge in [0.1, 0.15) is 5.75 Å². The van der Waals surface area contributed by atoms with Gasteiger partial charge in [-0.1, -0.05) is 60.1 Å². The van der Waals surface area contributed by atoms with Crippen LogP contribution in [0.5, 0.6) is 5.75 Å². The Balaban J connectivity index is 1.33. The molecule has 0 bridgehead atoms. The highest BCUT2D eigenvalue weighted by molar-refractivity contribution is 6.33. The van der Waals surface area contributed by atoms with Crippen LogP contribution in [-0.2, 0) is 0 Å². The number of nitrogens with zero attached hydrogens (tertiary/aromatic N) is 4. The fraction of sp³-hybridized carbons (Fsp3) is 0. The van der Waals surface area contributed by atoms with Gasteiger partial charge < -0.3 is 4.74 Å². The monoisotopic (exact) mass is 535 g/mol. The highest BCUT2D eigenvalue weighted by Gasteiger charge is 2.11. The van der Waals surface area contributed by atoms with Crippen LogP contribution in [0.25, 0.3) is 0 Å². The van der Waals surface area contributed by atoms with E-state index in [-0.39, 0.29) is 0 Å². The molecule has 0 atom stereocenters. The van der Waals surface area contributed by atoms with Gasteiger partial charge in [0.2, 0.25) is 17.2 Å². The van der Waals surface area contributed by atoms with Gasteiger partial charge in [0.15, 0.2) is 0 Å². The van der Waals surface area contributed by atoms with E-state index in [1.165, 1.54) is 0 Å². The minimum atomic E-state index is -0.528. The van der Waals surface area contributed by atoms with Gasteiger partial charge in [-0.15, -0.1) is 0 Å². The van der Waals surface area contributed by atoms with E-state index in [1.54, 1.807) is 54.7 Å². The third-order valence-electron chi connectivity index (χ3n) is 5.24. The molecule has 5 aromatic rings. The van der Waals surface area contributed by atoms with Gasteiger partial charge in [-0.2, -0.15) is 10.1 Å². The van der Waals surface area contributed by atoms with Crippen molar-refractivity contribution in [2.45, 2.75) is 0 Å². The number of hydrogen-bond donors (Lipinski definition) is 3. The van der Waals surface area contributed by atoms with Gasteiger partial charge in [0.25, 0.3) is 0 Å². The Bertz CT molecular complexity index is 1660. The van der Waals surface area contributed by atoms with Crippen LogP contribution in [0.4, 0.5) is 17.3 Å². The number of halogens is 1. The van der Waals surface area contributed by atoms with Gasteiger partial charge in [-0.3, -0.25) is 9.97 Å². The zero-order valence-electron chi connectivity index (χ0n) is 20.5. The van der Waals surface area contributed by atoms with E-state index in [4.69, 9.17) is 16.3 Å². The molecule has 4 aromatic carbocycles. The molecule has 0 radical (unpaired) electrons. The van der Waals surface area contributed by atoms with Crippen LogP contribution in [-0.4, -0.2) is 27.1 Å². The number of carbonyl (C=O) groups is 1. The zero-order chi connectivity index (χ0) is 26.9. The Morgan fingerprint density at radius 3 is 2.13 bits per heavy atom. The highest BCUT2D eigenvalue weighted by Crippen LogP contribution is 2.19. The lowest BCUT2D eigenvalue weighted by Gasteiger charge is -2.06. The average molecular weight is 536 g/mol. The van der Waals surface area contributed by atoms with Gasteiger partial charge in [0, 0.05) is 0 Å². The molecular formula is C29H22ClN7O2. The molecule has 0 saturated heterocycles. The van der Waals surface area contributed by atoms with Crippen LogP contribution in [0.15, 0.2) is 124 Å². The maximum absolute atomic E-state index is 12.4. The number of hydrazone groups is 1. The number of benzene rings is 4. The number of carbonyl (C=O) groups excluding carboxylic acids is 1. The number of rotatable bonds is 7. The van der Waals surface area contributed by atoms with E-state index < -0.39 is 5.97 Å². The van der Waals surface area contributed by atoms with E-state index in [9.17, 15) is 4.79 Å². The van der Waals surface area contributed by atoms with E-state index in [1.807, 2.05) is 60.7 Å². The number of anilines is 1. The fourth-order valence-electron chi connectivity index (χ4n) is 3.41. The largest absolute Gasteiger partial charge is 0.423 e. The lowest BCUT2D eigenvalue weighted by Crippen LogP contribution is -2.28. The molecule has 39 heavy (non-hydrogen) atoms. The quantitative estimate of drug-likeness (QED) is 0.110. The summed E-state index contributed by atoms with van der Waals surface area (Å²) < 4.78 is 5.41. The Morgan fingerprint density at radius 2 is 1.44 bits per heavy atom. The van der Waals surface area contributed by atoms with Crippen LogP contribution in [0.1, 0.15) is 15.9 Å². The van der Waals surface area contributed by atoms with Crippen LogP contribution in [0.2, 0.25) is 5.02 Å². The predicted molar refractivity (Wildman–Crippen MR) is 150 cm³/mol. The van der Waals surface area contributed by atoms with Crippen molar-refractivity contribution in [3.63, 3.8) is 0 Å². The summed E-state index contributed by atoms with van der Waals surface area (Å²) >= 11 is 6.07. The molecule has 9 nitrogen and oxygen atoms in total. The summed E-state index contributed by atoms with van der Waals surface area (Å²) in [6, 6.07) is 32.6. The second-order valence-corrected chi connectivity index (χ2v) is 8.49. The normalized spacial score (nSPS) is 12.0. The summed E-state index contributed by atoms with van der Waals surface area (Å²) in [5, 5.41) is 4.60. The first kappa shape index (κ1) is 25.4. The Labute approximate surface area is 228 Å². The molecule has 10 heteroatoms. The first-order valence-corrected chi connectivity index (χ1v) is 12.3. The van der Waals surface area contributed by atoms with Crippen molar-refractivity contribution in [2.75, 3.05) is 5.43 Å². The number of para-hydroxylation sites is 2. The summed E-state index contributed by atoms with van der Waals surface area (Å²) in [6.45, 7) is 0. The van der Waals surface area contributed by atoms with Gasteiger partial charge in [0.05, 0.1) is 28.2 Å². The van der Waals surface area contributed by atoms with Crippen LogP contribution in [0, 0.1) is 0 Å². The molecule has 0 saturated carbocycles. The number of aromatic amines is 2. The van der Waals surface area contributed by atoms with Gasteiger partial charge >= 0.3 is 5.97 Å². The lowest BCUT2D eigenvalue weighted by atomic mass is 10.2. The summed E-state index contributed by atoms with van der Waals surface area (Å²) in [5.41, 5.74) is 6.23. The maximum atomic E-state index is 12.4. The number of aromatic nitrogens is 3. The minimum Gasteiger partial charge on any atom is -0.423 e. The minimum absolute atomic E-state index is 0.301. The second kappa shape index (κ2) is 12.3. The second-order valence-electron chi connectivity index (χ2n) is 8.09. The molecule has 0 aliphatic heterocycles. The van der Waals surface area contributed by atoms with Crippen molar-refractivity contribution in [3.05, 3.63) is 137 Å². The van der Waals surface area contributed by atoms with Crippen LogP contribution >= 0.6 is 11.6 Å². The molecule has 0 unspecified atom stereocenters. The molecule has 0 aliphatic rings. The van der Waals surface area contributed by atoms with E-state index in [0.717, 1.165) is 16.9 Å².